The Hall–Kier alpha value is -0.190. The Labute approximate surface area is 110 Å². The summed E-state index contributed by atoms with van der Waals surface area (Å²) in [6.07, 6.45) is 0.804. The highest BCUT2D eigenvalue weighted by atomic mass is 79.9. The minimum Gasteiger partial charge on any atom is -0.368 e. The van der Waals surface area contributed by atoms with E-state index >= 15 is 0 Å². The lowest BCUT2D eigenvalue weighted by Gasteiger charge is -2.23. The highest BCUT2D eigenvalue weighted by Gasteiger charge is 2.26. The van der Waals surface area contributed by atoms with E-state index in [2.05, 4.69) is 25.9 Å². The summed E-state index contributed by atoms with van der Waals surface area (Å²) >= 11 is 9.43. The van der Waals surface area contributed by atoms with Crippen LogP contribution in [-0.2, 0) is 16.8 Å². The summed E-state index contributed by atoms with van der Waals surface area (Å²) in [5.74, 6) is 0.624. The first kappa shape index (κ1) is 13.9. The van der Waals surface area contributed by atoms with Gasteiger partial charge in [0.25, 0.3) is 0 Å². The van der Waals surface area contributed by atoms with Crippen molar-refractivity contribution >= 4 is 27.5 Å². The number of aryl methyl sites for hydroxylation is 1. The van der Waals surface area contributed by atoms with Gasteiger partial charge in [0, 0.05) is 6.61 Å². The lowest BCUT2D eigenvalue weighted by atomic mass is 10.1. The van der Waals surface area contributed by atoms with Gasteiger partial charge in [-0.25, -0.2) is 9.97 Å². The van der Waals surface area contributed by atoms with E-state index < -0.39 is 5.60 Å². The van der Waals surface area contributed by atoms with Gasteiger partial charge in [-0.2, -0.15) is 0 Å². The van der Waals surface area contributed by atoms with Crippen molar-refractivity contribution < 1.29 is 4.74 Å². The third-order valence-corrected chi connectivity index (χ3v) is 3.59. The average molecular weight is 308 g/mol. The van der Waals surface area contributed by atoms with Gasteiger partial charge in [0.15, 0.2) is 5.82 Å². The van der Waals surface area contributed by atoms with Crippen molar-refractivity contribution in [3.63, 3.8) is 0 Å². The van der Waals surface area contributed by atoms with Crippen LogP contribution in [0.1, 0.15) is 39.2 Å². The van der Waals surface area contributed by atoms with Crippen molar-refractivity contribution in [2.75, 3.05) is 6.61 Å². The molecule has 1 aromatic heterocycles. The third-order valence-electron chi connectivity index (χ3n) is 2.26. The second kappa shape index (κ2) is 5.43. The maximum atomic E-state index is 6.05. The molecule has 0 saturated heterocycles. The van der Waals surface area contributed by atoms with Crippen LogP contribution in [0.15, 0.2) is 4.47 Å². The van der Waals surface area contributed by atoms with Crippen molar-refractivity contribution in [3.8, 4) is 0 Å². The van der Waals surface area contributed by atoms with Crippen LogP contribution in [0.3, 0.4) is 0 Å². The molecule has 16 heavy (non-hydrogen) atoms. The van der Waals surface area contributed by atoms with Gasteiger partial charge in [-0.3, -0.25) is 0 Å². The molecular weight excluding hydrogens is 291 g/mol. The first-order valence-electron chi connectivity index (χ1n) is 5.28. The van der Waals surface area contributed by atoms with Gasteiger partial charge in [-0.05, 0) is 43.1 Å². The first-order chi connectivity index (χ1) is 7.42. The monoisotopic (exact) mass is 306 g/mol. The van der Waals surface area contributed by atoms with Crippen LogP contribution < -0.4 is 0 Å². The summed E-state index contributed by atoms with van der Waals surface area (Å²) in [6, 6.07) is 0. The first-order valence-corrected chi connectivity index (χ1v) is 6.45. The quantitative estimate of drug-likeness (QED) is 0.795. The fourth-order valence-corrected chi connectivity index (χ4v) is 2.04. The van der Waals surface area contributed by atoms with Gasteiger partial charge in [0.1, 0.15) is 10.8 Å². The zero-order chi connectivity index (χ0) is 12.3. The van der Waals surface area contributed by atoms with Crippen LogP contribution in [-0.4, -0.2) is 16.6 Å². The Bertz CT molecular complexity index is 382. The zero-order valence-corrected chi connectivity index (χ0v) is 12.3. The summed E-state index contributed by atoms with van der Waals surface area (Å²) in [4.78, 5) is 8.73. The molecule has 0 radical (unpaired) electrons. The van der Waals surface area contributed by atoms with Gasteiger partial charge in [0.2, 0.25) is 0 Å². The van der Waals surface area contributed by atoms with Gasteiger partial charge in [-0.15, -0.1) is 0 Å². The minimum atomic E-state index is -0.511. The Morgan fingerprint density at radius 2 is 1.94 bits per heavy atom. The summed E-state index contributed by atoms with van der Waals surface area (Å²) in [5.41, 5.74) is 0.394. The standard InChI is InChI=1S/C11H16BrClN2O/c1-5-7-8(12)9(13)15-10(14-7)11(3,4)16-6-2/h5-6H2,1-4H3. The molecule has 0 unspecified atom stereocenters. The molecule has 0 aromatic carbocycles. The van der Waals surface area contributed by atoms with Gasteiger partial charge >= 0.3 is 0 Å². The second-order valence-corrected chi connectivity index (χ2v) is 5.05. The van der Waals surface area contributed by atoms with Gasteiger partial charge in [0.05, 0.1) is 10.2 Å². The molecule has 0 fully saturated rings. The molecule has 0 aliphatic rings. The molecular formula is C11H16BrClN2O. The molecule has 0 N–H and O–H groups in total. The van der Waals surface area contributed by atoms with E-state index in [1.165, 1.54) is 0 Å². The highest BCUT2D eigenvalue weighted by Crippen LogP contribution is 2.28. The average Bonchev–Trinajstić information content (AvgIpc) is 2.21. The maximum Gasteiger partial charge on any atom is 0.161 e. The summed E-state index contributed by atoms with van der Waals surface area (Å²) in [5, 5.41) is 0.439. The molecule has 1 aromatic rings. The fraction of sp³-hybridized carbons (Fsp3) is 0.636. The number of aromatic nitrogens is 2. The molecule has 0 aliphatic carbocycles. The summed E-state index contributed by atoms with van der Waals surface area (Å²) in [7, 11) is 0. The van der Waals surface area contributed by atoms with E-state index in [0.29, 0.717) is 17.6 Å². The fourth-order valence-electron chi connectivity index (χ4n) is 1.39. The van der Waals surface area contributed by atoms with Crippen LogP contribution >= 0.6 is 27.5 Å². The molecule has 1 heterocycles. The Balaban J connectivity index is 3.20. The van der Waals surface area contributed by atoms with Gasteiger partial charge in [-0.1, -0.05) is 18.5 Å². The van der Waals surface area contributed by atoms with E-state index in [0.717, 1.165) is 16.6 Å². The summed E-state index contributed by atoms with van der Waals surface area (Å²) in [6.45, 7) is 8.47. The molecule has 5 heteroatoms. The largest absolute Gasteiger partial charge is 0.368 e. The predicted octanol–water partition coefficient (Wildman–Crippen LogP) is 3.73. The number of halogens is 2. The second-order valence-electron chi connectivity index (χ2n) is 3.90. The highest BCUT2D eigenvalue weighted by molar-refractivity contribution is 9.10. The normalized spacial score (nSPS) is 11.9. The van der Waals surface area contributed by atoms with Crippen molar-refractivity contribution in [2.45, 2.75) is 39.7 Å². The molecule has 0 spiro atoms. The molecule has 0 aliphatic heterocycles. The topological polar surface area (TPSA) is 35.0 Å². The molecule has 1 rings (SSSR count). The molecule has 3 nitrogen and oxygen atoms in total. The predicted molar refractivity (Wildman–Crippen MR) is 68.8 cm³/mol. The van der Waals surface area contributed by atoms with Crippen LogP contribution in [0.5, 0.6) is 0 Å². The van der Waals surface area contributed by atoms with Crippen molar-refractivity contribution in [1.82, 2.24) is 9.97 Å². The Morgan fingerprint density at radius 1 is 1.31 bits per heavy atom. The number of hydrogen-bond donors (Lipinski definition) is 0. The smallest absolute Gasteiger partial charge is 0.161 e. The van der Waals surface area contributed by atoms with E-state index in [4.69, 9.17) is 16.3 Å². The summed E-state index contributed by atoms with van der Waals surface area (Å²) < 4.78 is 6.38. The molecule has 0 amide bonds. The van der Waals surface area contributed by atoms with Crippen LogP contribution in [0.2, 0.25) is 5.15 Å². The van der Waals surface area contributed by atoms with Crippen molar-refractivity contribution in [3.05, 3.63) is 21.1 Å². The number of hydrogen-bond acceptors (Lipinski definition) is 3. The lowest BCUT2D eigenvalue weighted by molar-refractivity contribution is -0.0209. The van der Waals surface area contributed by atoms with E-state index in [1.54, 1.807) is 0 Å². The van der Waals surface area contributed by atoms with Crippen LogP contribution in [0, 0.1) is 0 Å². The van der Waals surface area contributed by atoms with E-state index in [9.17, 15) is 0 Å². The number of ether oxygens (including phenoxy) is 1. The molecule has 90 valence electrons. The maximum absolute atomic E-state index is 6.05. The number of nitrogens with zero attached hydrogens (tertiary/aromatic N) is 2. The molecule has 0 bridgehead atoms. The lowest BCUT2D eigenvalue weighted by Crippen LogP contribution is -2.25. The van der Waals surface area contributed by atoms with E-state index in [1.807, 2.05) is 27.7 Å². The zero-order valence-electron chi connectivity index (χ0n) is 9.97. The SMILES string of the molecule is CCOC(C)(C)c1nc(Cl)c(Br)c(CC)n1. The van der Waals surface area contributed by atoms with Crippen molar-refractivity contribution in [1.29, 1.82) is 0 Å². The molecule has 0 atom stereocenters. The van der Waals surface area contributed by atoms with Crippen LogP contribution in [0.4, 0.5) is 0 Å². The third kappa shape index (κ3) is 2.93. The minimum absolute atomic E-state index is 0.439. The van der Waals surface area contributed by atoms with Crippen LogP contribution in [0.25, 0.3) is 0 Å². The van der Waals surface area contributed by atoms with Crippen molar-refractivity contribution in [2.24, 2.45) is 0 Å². The number of rotatable bonds is 4. The molecule has 0 saturated carbocycles. The Morgan fingerprint density at radius 3 is 2.44 bits per heavy atom. The van der Waals surface area contributed by atoms with Gasteiger partial charge < -0.3 is 4.74 Å². The van der Waals surface area contributed by atoms with E-state index in [-0.39, 0.29) is 0 Å². The Kier molecular flexibility index (Phi) is 4.71.